The third-order valence-corrected chi connectivity index (χ3v) is 7.55. The minimum Gasteiger partial charge on any atom is -0.387 e. The lowest BCUT2D eigenvalue weighted by Crippen LogP contribution is -2.39. The van der Waals surface area contributed by atoms with Gasteiger partial charge in [0.2, 0.25) is 15.9 Å². The van der Waals surface area contributed by atoms with Gasteiger partial charge in [-0.15, -0.1) is 0 Å². The number of aliphatic imine (C=N–C) groups is 1. The van der Waals surface area contributed by atoms with Crippen molar-refractivity contribution in [1.29, 1.82) is 0 Å². The highest BCUT2D eigenvalue weighted by Crippen LogP contribution is 2.33. The molecule has 0 aromatic heterocycles. The van der Waals surface area contributed by atoms with Crippen molar-refractivity contribution in [2.75, 3.05) is 39.0 Å². The summed E-state index contributed by atoms with van der Waals surface area (Å²) in [4.78, 5) is 21.7. The van der Waals surface area contributed by atoms with Crippen molar-refractivity contribution in [3.8, 4) is 11.1 Å². The zero-order chi connectivity index (χ0) is 27.3. The number of amides is 1. The van der Waals surface area contributed by atoms with E-state index in [4.69, 9.17) is 5.73 Å². The Morgan fingerprint density at radius 2 is 1.82 bits per heavy atom. The molecule has 0 bridgehead atoms. The summed E-state index contributed by atoms with van der Waals surface area (Å²) < 4.78 is 25.3. The molecule has 1 fully saturated rings. The highest BCUT2D eigenvalue weighted by atomic mass is 32.2. The topological polar surface area (TPSA) is 128 Å². The van der Waals surface area contributed by atoms with Crippen LogP contribution in [0.1, 0.15) is 50.0 Å². The summed E-state index contributed by atoms with van der Waals surface area (Å²) in [5.41, 5.74) is 11.1. The molecule has 2 aromatic carbocycles. The molecule has 1 amide bonds. The third-order valence-electron chi connectivity index (χ3n) is 6.83. The monoisotopic (exact) mass is 539 g/mol. The first-order valence-electron chi connectivity index (χ1n) is 13.1. The number of hydrogen-bond donors (Lipinski definition) is 3. The quantitative estimate of drug-likeness (QED) is 0.426. The lowest BCUT2D eigenvalue weighted by Gasteiger charge is -2.23. The number of amidine groups is 1. The van der Waals surface area contributed by atoms with E-state index in [0.717, 1.165) is 60.9 Å². The zero-order valence-corrected chi connectivity index (χ0v) is 22.9. The van der Waals surface area contributed by atoms with Gasteiger partial charge < -0.3 is 15.7 Å². The van der Waals surface area contributed by atoms with Crippen LogP contribution in [0.4, 0.5) is 5.69 Å². The van der Waals surface area contributed by atoms with Crippen molar-refractivity contribution >= 4 is 33.5 Å². The smallest absolute Gasteiger partial charge is 0.250 e. The van der Waals surface area contributed by atoms with Crippen molar-refractivity contribution in [3.05, 3.63) is 59.2 Å². The molecule has 2 aliphatic rings. The van der Waals surface area contributed by atoms with E-state index in [1.54, 1.807) is 4.90 Å². The molecular formula is C28H37N5O4S. The van der Waals surface area contributed by atoms with Gasteiger partial charge in [-0.2, -0.15) is 0 Å². The number of benzene rings is 2. The Labute approximate surface area is 225 Å². The van der Waals surface area contributed by atoms with Crippen LogP contribution >= 0.6 is 0 Å². The van der Waals surface area contributed by atoms with E-state index in [2.05, 4.69) is 14.6 Å². The summed E-state index contributed by atoms with van der Waals surface area (Å²) in [6.45, 7) is 4.72. The van der Waals surface area contributed by atoms with E-state index < -0.39 is 16.3 Å². The number of carbonyl (C=O) groups is 1. The van der Waals surface area contributed by atoms with E-state index in [1.165, 1.54) is 0 Å². The molecule has 2 heterocycles. The Morgan fingerprint density at radius 3 is 2.47 bits per heavy atom. The van der Waals surface area contributed by atoms with Gasteiger partial charge in [0.25, 0.3) is 0 Å². The molecule has 1 saturated heterocycles. The van der Waals surface area contributed by atoms with E-state index in [9.17, 15) is 18.3 Å². The van der Waals surface area contributed by atoms with Crippen molar-refractivity contribution in [2.45, 2.75) is 38.8 Å². The molecule has 1 unspecified atom stereocenters. The summed E-state index contributed by atoms with van der Waals surface area (Å²) in [7, 11) is -3.33. The Balaban J connectivity index is 1.54. The molecule has 4 N–H and O–H groups in total. The standard InChI is InChI=1S/C28H37N5O4S/c1-3-13-32(16-12-30-38(2,36)37)28(35)24-17-23-11-10-22(18-25(23)31-26(29)19-24)20-6-8-21(9-7-20)27(34)33-14-4-5-15-33/h6-11,17-18,27,30,34H,3-5,12-16,19H2,1-2H3,(H2,29,31). The number of nitrogens with two attached hydrogens (primary N) is 1. The Hall–Kier alpha value is -3.05. The highest BCUT2D eigenvalue weighted by molar-refractivity contribution is 7.88. The number of hydrogen-bond acceptors (Lipinski definition) is 7. The maximum atomic E-state index is 13.4. The normalized spacial score (nSPS) is 16.8. The minimum atomic E-state index is -3.33. The highest BCUT2D eigenvalue weighted by Gasteiger charge is 2.23. The van der Waals surface area contributed by atoms with Crippen LogP contribution in [0.15, 0.2) is 53.0 Å². The number of nitrogens with one attached hydrogen (secondary N) is 1. The molecule has 2 aromatic rings. The van der Waals surface area contributed by atoms with E-state index in [0.29, 0.717) is 23.6 Å². The predicted molar refractivity (Wildman–Crippen MR) is 151 cm³/mol. The summed E-state index contributed by atoms with van der Waals surface area (Å²) in [6, 6.07) is 13.8. The first-order valence-corrected chi connectivity index (χ1v) is 15.0. The molecule has 0 radical (unpaired) electrons. The summed E-state index contributed by atoms with van der Waals surface area (Å²) >= 11 is 0. The van der Waals surface area contributed by atoms with Crippen LogP contribution < -0.4 is 10.5 Å². The van der Waals surface area contributed by atoms with Crippen LogP contribution in [0.25, 0.3) is 17.2 Å². The van der Waals surface area contributed by atoms with Gasteiger partial charge in [0.05, 0.1) is 11.9 Å². The molecule has 1 atom stereocenters. The number of aliphatic hydroxyl groups is 1. The molecule has 10 heteroatoms. The summed E-state index contributed by atoms with van der Waals surface area (Å²) in [6.07, 6.45) is 5.54. The number of nitrogens with zero attached hydrogens (tertiary/aromatic N) is 3. The third kappa shape index (κ3) is 7.08. The summed E-state index contributed by atoms with van der Waals surface area (Å²) in [5, 5.41) is 10.7. The van der Waals surface area contributed by atoms with Gasteiger partial charge >= 0.3 is 0 Å². The fraction of sp³-hybridized carbons (Fsp3) is 0.429. The fourth-order valence-corrected chi connectivity index (χ4v) is 5.37. The van der Waals surface area contributed by atoms with Gasteiger partial charge in [-0.05, 0) is 48.1 Å². The molecule has 9 nitrogen and oxygen atoms in total. The average molecular weight is 540 g/mol. The van der Waals surface area contributed by atoms with Gasteiger partial charge in [0, 0.05) is 50.3 Å². The SMILES string of the molecule is CCCN(CCNS(C)(=O)=O)C(=O)C1=Cc2ccc(-c3ccc(C(O)N4CCCC4)cc3)cc2N=C(N)C1. The Kier molecular flexibility index (Phi) is 8.99. The van der Waals surface area contributed by atoms with Gasteiger partial charge in [-0.1, -0.05) is 43.3 Å². The molecule has 0 saturated carbocycles. The largest absolute Gasteiger partial charge is 0.387 e. The molecule has 2 aliphatic heterocycles. The van der Waals surface area contributed by atoms with Crippen LogP contribution in [-0.4, -0.2) is 74.0 Å². The minimum absolute atomic E-state index is 0.148. The molecule has 204 valence electrons. The zero-order valence-electron chi connectivity index (χ0n) is 22.1. The molecule has 38 heavy (non-hydrogen) atoms. The van der Waals surface area contributed by atoms with E-state index in [-0.39, 0.29) is 25.4 Å². The maximum Gasteiger partial charge on any atom is 0.250 e. The van der Waals surface area contributed by atoms with Gasteiger partial charge in [0.15, 0.2) is 0 Å². The molecule has 0 spiro atoms. The summed E-state index contributed by atoms with van der Waals surface area (Å²) in [5.74, 6) is 0.166. The Morgan fingerprint density at radius 1 is 1.13 bits per heavy atom. The Bertz CT molecular complexity index is 1320. The van der Waals surface area contributed by atoms with E-state index >= 15 is 0 Å². The van der Waals surface area contributed by atoms with Crippen molar-refractivity contribution < 1.29 is 18.3 Å². The van der Waals surface area contributed by atoms with Crippen molar-refractivity contribution in [2.24, 2.45) is 10.7 Å². The second-order valence-corrected chi connectivity index (χ2v) is 11.8. The van der Waals surface area contributed by atoms with Gasteiger partial charge in [-0.3, -0.25) is 9.69 Å². The van der Waals surface area contributed by atoms with Crippen LogP contribution in [0.3, 0.4) is 0 Å². The molecule has 4 rings (SSSR count). The van der Waals surface area contributed by atoms with Crippen LogP contribution in [0.2, 0.25) is 0 Å². The van der Waals surface area contributed by atoms with Crippen LogP contribution in [0.5, 0.6) is 0 Å². The number of sulfonamides is 1. The second kappa shape index (κ2) is 12.2. The van der Waals surface area contributed by atoms with Gasteiger partial charge in [-0.25, -0.2) is 18.1 Å². The number of fused-ring (bicyclic) bond motifs is 1. The molecule has 0 aliphatic carbocycles. The number of rotatable bonds is 10. The lowest BCUT2D eigenvalue weighted by molar-refractivity contribution is -0.127. The fourth-order valence-electron chi connectivity index (χ4n) is 4.91. The van der Waals surface area contributed by atoms with E-state index in [1.807, 2.05) is 55.5 Å². The lowest BCUT2D eigenvalue weighted by atomic mass is 9.99. The van der Waals surface area contributed by atoms with Crippen LogP contribution in [-0.2, 0) is 14.8 Å². The maximum absolute atomic E-state index is 13.4. The second-order valence-electron chi connectivity index (χ2n) is 9.92. The number of carbonyl (C=O) groups excluding carboxylic acids is 1. The number of likely N-dealkylation sites (tertiary alicyclic amines) is 1. The first-order chi connectivity index (χ1) is 18.1. The average Bonchev–Trinajstić information content (AvgIpc) is 3.36. The van der Waals surface area contributed by atoms with Crippen LogP contribution in [0, 0.1) is 0 Å². The number of aliphatic hydroxyl groups excluding tert-OH is 1. The molecular weight excluding hydrogens is 502 g/mol. The van der Waals surface area contributed by atoms with Crippen molar-refractivity contribution in [3.63, 3.8) is 0 Å². The first kappa shape index (κ1) is 28.0. The van der Waals surface area contributed by atoms with Crippen molar-refractivity contribution in [1.82, 2.24) is 14.5 Å². The predicted octanol–water partition coefficient (Wildman–Crippen LogP) is 3.00. The van der Waals surface area contributed by atoms with Gasteiger partial charge in [0.1, 0.15) is 12.1 Å².